The van der Waals surface area contributed by atoms with Crippen LogP contribution in [0.2, 0.25) is 10.0 Å². The summed E-state index contributed by atoms with van der Waals surface area (Å²) >= 11 is 12.1. The standard InChI is InChI=1S/C22H26Cl2N2O5S/c1-30-19-8-5-15(12-20(19)31-2)9-10-25-22(27)16-4-3-11-26(14-16)32(28,29)21-13-17(23)6-7-18(21)24/h5-8,12-13,16H,3-4,9-11,14H2,1-2H3,(H,25,27)/t16-/m1/s1. The molecule has 174 valence electrons. The lowest BCUT2D eigenvalue weighted by Gasteiger charge is -2.31. The van der Waals surface area contributed by atoms with Gasteiger partial charge in [0.05, 0.1) is 25.2 Å². The molecule has 10 heteroatoms. The van der Waals surface area contributed by atoms with Gasteiger partial charge < -0.3 is 14.8 Å². The molecule has 1 amide bonds. The normalized spacial score (nSPS) is 17.1. The van der Waals surface area contributed by atoms with Crippen LogP contribution in [0, 0.1) is 5.92 Å². The first-order valence-electron chi connectivity index (χ1n) is 10.2. The van der Waals surface area contributed by atoms with Gasteiger partial charge in [-0.3, -0.25) is 4.79 Å². The van der Waals surface area contributed by atoms with Crippen molar-refractivity contribution < 1.29 is 22.7 Å². The van der Waals surface area contributed by atoms with Crippen LogP contribution in [0.4, 0.5) is 0 Å². The van der Waals surface area contributed by atoms with Crippen molar-refractivity contribution in [2.24, 2.45) is 5.92 Å². The summed E-state index contributed by atoms with van der Waals surface area (Å²) in [6.45, 7) is 0.867. The van der Waals surface area contributed by atoms with Crippen LogP contribution in [0.5, 0.6) is 11.5 Å². The van der Waals surface area contributed by atoms with Crippen LogP contribution in [0.25, 0.3) is 0 Å². The van der Waals surface area contributed by atoms with Crippen LogP contribution in [-0.2, 0) is 21.2 Å². The van der Waals surface area contributed by atoms with E-state index in [4.69, 9.17) is 32.7 Å². The topological polar surface area (TPSA) is 84.9 Å². The average Bonchev–Trinajstić information content (AvgIpc) is 2.80. The van der Waals surface area contributed by atoms with Crippen LogP contribution < -0.4 is 14.8 Å². The van der Waals surface area contributed by atoms with Crippen LogP contribution in [0.3, 0.4) is 0 Å². The molecule has 0 radical (unpaired) electrons. The van der Waals surface area contributed by atoms with Crippen molar-refractivity contribution in [2.45, 2.75) is 24.2 Å². The van der Waals surface area contributed by atoms with Crippen molar-refractivity contribution in [1.82, 2.24) is 9.62 Å². The molecule has 1 atom stereocenters. The van der Waals surface area contributed by atoms with Gasteiger partial charge in [-0.25, -0.2) is 8.42 Å². The molecule has 1 fully saturated rings. The van der Waals surface area contributed by atoms with E-state index in [0.717, 1.165) is 5.56 Å². The molecule has 0 aliphatic carbocycles. The van der Waals surface area contributed by atoms with Crippen molar-refractivity contribution >= 4 is 39.1 Å². The van der Waals surface area contributed by atoms with Gasteiger partial charge in [0.25, 0.3) is 0 Å². The minimum atomic E-state index is -3.85. The third-order valence-electron chi connectivity index (χ3n) is 5.43. The fraction of sp³-hybridized carbons (Fsp3) is 0.409. The maximum absolute atomic E-state index is 13.1. The van der Waals surface area contributed by atoms with Gasteiger partial charge in [-0.1, -0.05) is 29.3 Å². The SMILES string of the molecule is COc1ccc(CCNC(=O)[C@@H]2CCCN(S(=O)(=O)c3cc(Cl)ccc3Cl)C2)cc1OC. The number of benzene rings is 2. The summed E-state index contributed by atoms with van der Waals surface area (Å²) < 4.78 is 38.0. The first kappa shape index (κ1) is 24.6. The van der Waals surface area contributed by atoms with Crippen molar-refractivity contribution in [1.29, 1.82) is 0 Å². The molecule has 2 aromatic rings. The molecule has 0 aromatic heterocycles. The zero-order valence-corrected chi connectivity index (χ0v) is 20.3. The lowest BCUT2D eigenvalue weighted by atomic mass is 9.99. The van der Waals surface area contributed by atoms with Crippen molar-refractivity contribution in [3.63, 3.8) is 0 Å². The maximum atomic E-state index is 13.1. The van der Waals surface area contributed by atoms with Crippen molar-refractivity contribution in [3.8, 4) is 11.5 Å². The number of ether oxygens (including phenoxy) is 2. The number of nitrogens with zero attached hydrogens (tertiary/aromatic N) is 1. The van der Waals surface area contributed by atoms with E-state index in [1.807, 2.05) is 18.2 Å². The van der Waals surface area contributed by atoms with Gasteiger partial charge in [0, 0.05) is 24.7 Å². The summed E-state index contributed by atoms with van der Waals surface area (Å²) in [4.78, 5) is 12.7. The highest BCUT2D eigenvalue weighted by atomic mass is 35.5. The van der Waals surface area contributed by atoms with Gasteiger partial charge in [-0.15, -0.1) is 0 Å². The molecule has 32 heavy (non-hydrogen) atoms. The lowest BCUT2D eigenvalue weighted by molar-refractivity contribution is -0.126. The van der Waals surface area contributed by atoms with Crippen LogP contribution in [0.1, 0.15) is 18.4 Å². The van der Waals surface area contributed by atoms with Gasteiger partial charge in [0.15, 0.2) is 11.5 Å². The second-order valence-electron chi connectivity index (χ2n) is 7.51. The monoisotopic (exact) mass is 500 g/mol. The van der Waals surface area contributed by atoms with E-state index in [0.29, 0.717) is 43.9 Å². The van der Waals surface area contributed by atoms with Crippen LogP contribution in [0.15, 0.2) is 41.3 Å². The summed E-state index contributed by atoms with van der Waals surface area (Å²) in [7, 11) is -0.701. The molecule has 1 aliphatic rings. The highest BCUT2D eigenvalue weighted by molar-refractivity contribution is 7.89. The summed E-state index contributed by atoms with van der Waals surface area (Å²) in [5, 5.41) is 3.31. The number of halogens is 2. The molecule has 1 heterocycles. The van der Waals surface area contributed by atoms with E-state index >= 15 is 0 Å². The number of carbonyl (C=O) groups is 1. The second-order valence-corrected chi connectivity index (χ2v) is 10.3. The third-order valence-corrected chi connectivity index (χ3v) is 8.01. The number of nitrogens with one attached hydrogen (secondary N) is 1. The van der Waals surface area contributed by atoms with E-state index in [9.17, 15) is 13.2 Å². The Morgan fingerprint density at radius 2 is 1.88 bits per heavy atom. The Labute approximate surface area is 198 Å². The summed E-state index contributed by atoms with van der Waals surface area (Å²) in [5.41, 5.74) is 0.992. The van der Waals surface area contributed by atoms with Crippen molar-refractivity contribution in [3.05, 3.63) is 52.0 Å². The zero-order chi connectivity index (χ0) is 23.3. The Hall–Kier alpha value is -2.00. The van der Waals surface area contributed by atoms with E-state index in [1.165, 1.54) is 22.5 Å². The second kappa shape index (κ2) is 10.7. The Kier molecular flexibility index (Phi) is 8.27. The predicted molar refractivity (Wildman–Crippen MR) is 124 cm³/mol. The largest absolute Gasteiger partial charge is 0.493 e. The summed E-state index contributed by atoms with van der Waals surface area (Å²) in [6, 6.07) is 9.94. The van der Waals surface area contributed by atoms with Crippen LogP contribution >= 0.6 is 23.2 Å². The molecule has 2 aromatic carbocycles. The fourth-order valence-corrected chi connectivity index (χ4v) is 5.96. The Bertz CT molecular complexity index is 1080. The van der Waals surface area contributed by atoms with Crippen LogP contribution in [-0.4, -0.2) is 52.5 Å². The molecule has 1 saturated heterocycles. The zero-order valence-electron chi connectivity index (χ0n) is 17.9. The first-order chi connectivity index (χ1) is 15.3. The van der Waals surface area contributed by atoms with Gasteiger partial charge >= 0.3 is 0 Å². The Morgan fingerprint density at radius 3 is 2.59 bits per heavy atom. The first-order valence-corrected chi connectivity index (χ1v) is 12.4. The highest BCUT2D eigenvalue weighted by Crippen LogP contribution is 2.31. The average molecular weight is 501 g/mol. The molecule has 1 aliphatic heterocycles. The summed E-state index contributed by atoms with van der Waals surface area (Å²) in [6.07, 6.45) is 1.82. The van der Waals surface area contributed by atoms with Gasteiger partial charge in [-0.2, -0.15) is 4.31 Å². The third kappa shape index (κ3) is 5.67. The number of sulfonamides is 1. The van der Waals surface area contributed by atoms with E-state index in [1.54, 1.807) is 14.2 Å². The van der Waals surface area contributed by atoms with E-state index in [-0.39, 0.29) is 27.4 Å². The molecule has 0 saturated carbocycles. The minimum Gasteiger partial charge on any atom is -0.493 e. The maximum Gasteiger partial charge on any atom is 0.244 e. The molecular formula is C22H26Cl2N2O5S. The fourth-order valence-electron chi connectivity index (χ4n) is 3.70. The number of piperidine rings is 1. The lowest BCUT2D eigenvalue weighted by Crippen LogP contribution is -2.45. The number of hydrogen-bond donors (Lipinski definition) is 1. The molecule has 0 spiro atoms. The van der Waals surface area contributed by atoms with E-state index in [2.05, 4.69) is 5.32 Å². The van der Waals surface area contributed by atoms with E-state index < -0.39 is 15.9 Å². The Balaban J connectivity index is 1.60. The number of amides is 1. The van der Waals surface area contributed by atoms with Crippen molar-refractivity contribution in [2.75, 3.05) is 33.9 Å². The molecule has 3 rings (SSSR count). The summed E-state index contributed by atoms with van der Waals surface area (Å²) in [5.74, 6) is 0.678. The molecule has 7 nitrogen and oxygen atoms in total. The number of hydrogen-bond acceptors (Lipinski definition) is 5. The highest BCUT2D eigenvalue weighted by Gasteiger charge is 2.34. The molecule has 0 bridgehead atoms. The number of methoxy groups -OCH3 is 2. The van der Waals surface area contributed by atoms with Gasteiger partial charge in [0.2, 0.25) is 15.9 Å². The van der Waals surface area contributed by atoms with Gasteiger partial charge in [-0.05, 0) is 55.2 Å². The molecular weight excluding hydrogens is 475 g/mol. The Morgan fingerprint density at radius 1 is 1.12 bits per heavy atom. The molecule has 1 N–H and O–H groups in total. The minimum absolute atomic E-state index is 0.0406. The van der Waals surface area contributed by atoms with Gasteiger partial charge in [0.1, 0.15) is 4.90 Å². The number of carbonyl (C=O) groups excluding carboxylic acids is 1. The smallest absolute Gasteiger partial charge is 0.244 e. The predicted octanol–water partition coefficient (Wildman–Crippen LogP) is 3.77. The molecule has 0 unspecified atom stereocenters. The number of rotatable bonds is 8. The quantitative estimate of drug-likeness (QED) is 0.596.